The van der Waals surface area contributed by atoms with Gasteiger partial charge in [-0.15, -0.1) is 11.3 Å². The first-order valence-corrected chi connectivity index (χ1v) is 6.42. The van der Waals surface area contributed by atoms with Crippen molar-refractivity contribution in [2.24, 2.45) is 0 Å². The minimum Gasteiger partial charge on any atom is -0.266 e. The van der Waals surface area contributed by atoms with Crippen molar-refractivity contribution in [1.82, 2.24) is 9.66 Å². The quantitative estimate of drug-likeness (QED) is 0.782. The van der Waals surface area contributed by atoms with E-state index in [9.17, 15) is 4.79 Å². The molecule has 1 N–H and O–H groups in total. The highest BCUT2D eigenvalue weighted by atomic mass is 35.5. The molecule has 2 heterocycles. The standard InChI is InChI=1S/C12H8ClN3OS/c13-11-6-5-10(18-11)12(17)15-16-7-14-8-3-1-2-4-9(8)16/h1-7H,(H,15,17). The van der Waals surface area contributed by atoms with E-state index in [1.54, 1.807) is 23.1 Å². The van der Waals surface area contributed by atoms with Gasteiger partial charge >= 0.3 is 0 Å². The van der Waals surface area contributed by atoms with E-state index in [1.807, 2.05) is 24.3 Å². The molecular formula is C12H8ClN3OS. The fraction of sp³-hybridized carbons (Fsp3) is 0. The molecule has 0 saturated heterocycles. The van der Waals surface area contributed by atoms with Gasteiger partial charge in [0.1, 0.15) is 6.33 Å². The van der Waals surface area contributed by atoms with Crippen LogP contribution >= 0.6 is 22.9 Å². The molecule has 0 aliphatic carbocycles. The topological polar surface area (TPSA) is 46.9 Å². The minimum absolute atomic E-state index is 0.199. The largest absolute Gasteiger partial charge is 0.280 e. The Kier molecular flexibility index (Phi) is 2.77. The number of aromatic nitrogens is 2. The second-order valence-corrected chi connectivity index (χ2v) is 5.36. The highest BCUT2D eigenvalue weighted by molar-refractivity contribution is 7.18. The molecule has 0 radical (unpaired) electrons. The summed E-state index contributed by atoms with van der Waals surface area (Å²) in [5.41, 5.74) is 4.45. The van der Waals surface area contributed by atoms with Crippen LogP contribution in [0.3, 0.4) is 0 Å². The molecule has 0 atom stereocenters. The maximum absolute atomic E-state index is 12.0. The van der Waals surface area contributed by atoms with Gasteiger partial charge in [-0.25, -0.2) is 9.66 Å². The van der Waals surface area contributed by atoms with Crippen LogP contribution in [0.4, 0.5) is 0 Å². The zero-order chi connectivity index (χ0) is 12.5. The smallest absolute Gasteiger partial charge is 0.266 e. The minimum atomic E-state index is -0.199. The maximum Gasteiger partial charge on any atom is 0.280 e. The molecule has 2 aromatic heterocycles. The Morgan fingerprint density at radius 3 is 2.89 bits per heavy atom. The number of thiophene rings is 1. The Hall–Kier alpha value is -1.85. The number of amides is 1. The SMILES string of the molecule is O=C(Nn1cnc2ccccc21)c1ccc(Cl)s1. The fourth-order valence-electron chi connectivity index (χ4n) is 1.65. The summed E-state index contributed by atoms with van der Waals surface area (Å²) < 4.78 is 2.20. The van der Waals surface area contributed by atoms with Gasteiger partial charge in [-0.1, -0.05) is 23.7 Å². The molecule has 1 aromatic carbocycles. The molecule has 0 spiro atoms. The predicted octanol–water partition coefficient (Wildman–Crippen LogP) is 3.14. The summed E-state index contributed by atoms with van der Waals surface area (Å²) in [6, 6.07) is 11.0. The van der Waals surface area contributed by atoms with Gasteiger partial charge < -0.3 is 0 Å². The van der Waals surface area contributed by atoms with Gasteiger partial charge in [-0.3, -0.25) is 10.2 Å². The van der Waals surface area contributed by atoms with E-state index >= 15 is 0 Å². The molecule has 18 heavy (non-hydrogen) atoms. The number of hydrogen-bond acceptors (Lipinski definition) is 3. The van der Waals surface area contributed by atoms with Crippen molar-refractivity contribution in [2.75, 3.05) is 5.43 Å². The molecule has 4 nitrogen and oxygen atoms in total. The Labute approximate surface area is 112 Å². The Morgan fingerprint density at radius 2 is 2.11 bits per heavy atom. The van der Waals surface area contributed by atoms with Crippen molar-refractivity contribution < 1.29 is 4.79 Å². The number of para-hydroxylation sites is 2. The van der Waals surface area contributed by atoms with Crippen LogP contribution in [0.2, 0.25) is 4.34 Å². The van der Waals surface area contributed by atoms with E-state index in [-0.39, 0.29) is 5.91 Å². The summed E-state index contributed by atoms with van der Waals surface area (Å²) in [6.45, 7) is 0. The Bertz CT molecular complexity index is 719. The zero-order valence-electron chi connectivity index (χ0n) is 9.13. The molecule has 0 fully saturated rings. The first kappa shape index (κ1) is 11.3. The van der Waals surface area contributed by atoms with Crippen molar-refractivity contribution in [1.29, 1.82) is 0 Å². The number of nitrogens with zero attached hydrogens (tertiary/aromatic N) is 2. The van der Waals surface area contributed by atoms with Crippen molar-refractivity contribution in [3.05, 3.63) is 51.9 Å². The number of benzene rings is 1. The van der Waals surface area contributed by atoms with Gasteiger partial charge in [-0.2, -0.15) is 0 Å². The molecule has 0 aliphatic rings. The summed E-state index contributed by atoms with van der Waals surface area (Å²) in [6.07, 6.45) is 1.58. The summed E-state index contributed by atoms with van der Waals surface area (Å²) in [5, 5.41) is 0. The van der Waals surface area contributed by atoms with Gasteiger partial charge in [0.2, 0.25) is 0 Å². The number of fused-ring (bicyclic) bond motifs is 1. The van der Waals surface area contributed by atoms with Gasteiger partial charge in [0, 0.05) is 0 Å². The van der Waals surface area contributed by atoms with Crippen LogP contribution in [0.25, 0.3) is 11.0 Å². The first-order valence-electron chi connectivity index (χ1n) is 5.23. The average molecular weight is 278 g/mol. The van der Waals surface area contributed by atoms with E-state index in [4.69, 9.17) is 11.6 Å². The number of carbonyl (C=O) groups is 1. The molecule has 1 amide bonds. The number of nitrogens with one attached hydrogen (secondary N) is 1. The zero-order valence-corrected chi connectivity index (χ0v) is 10.7. The van der Waals surface area contributed by atoms with E-state index in [1.165, 1.54) is 11.3 Å². The summed E-state index contributed by atoms with van der Waals surface area (Å²) in [5.74, 6) is -0.199. The van der Waals surface area contributed by atoms with Crippen molar-refractivity contribution in [3.63, 3.8) is 0 Å². The van der Waals surface area contributed by atoms with Crippen LogP contribution in [0.15, 0.2) is 42.7 Å². The molecule has 3 aromatic rings. The average Bonchev–Trinajstić information content (AvgIpc) is 2.97. The van der Waals surface area contributed by atoms with E-state index in [0.717, 1.165) is 11.0 Å². The summed E-state index contributed by atoms with van der Waals surface area (Å²) in [7, 11) is 0. The third-order valence-corrected chi connectivity index (χ3v) is 3.70. The molecule has 90 valence electrons. The van der Waals surface area contributed by atoms with E-state index in [2.05, 4.69) is 10.4 Å². The molecule has 6 heteroatoms. The summed E-state index contributed by atoms with van der Waals surface area (Å²) in [4.78, 5) is 16.7. The maximum atomic E-state index is 12.0. The first-order chi connectivity index (χ1) is 8.74. The van der Waals surface area contributed by atoms with Gasteiger partial charge in [-0.05, 0) is 24.3 Å². The number of carbonyl (C=O) groups excluding carboxylic acids is 1. The van der Waals surface area contributed by atoms with Gasteiger partial charge in [0.05, 0.1) is 20.2 Å². The van der Waals surface area contributed by atoms with Crippen LogP contribution in [0, 0.1) is 0 Å². The molecule has 0 saturated carbocycles. The number of halogens is 1. The monoisotopic (exact) mass is 277 g/mol. The van der Waals surface area contributed by atoms with Crippen LogP contribution in [0.5, 0.6) is 0 Å². The normalized spacial score (nSPS) is 10.7. The third-order valence-electron chi connectivity index (χ3n) is 2.47. The van der Waals surface area contributed by atoms with Crippen LogP contribution < -0.4 is 5.43 Å². The molecule has 0 aliphatic heterocycles. The lowest BCUT2D eigenvalue weighted by atomic mass is 10.3. The van der Waals surface area contributed by atoms with E-state index in [0.29, 0.717) is 9.21 Å². The van der Waals surface area contributed by atoms with Crippen molar-refractivity contribution in [3.8, 4) is 0 Å². The summed E-state index contributed by atoms with van der Waals surface area (Å²) >= 11 is 7.04. The number of rotatable bonds is 2. The van der Waals surface area contributed by atoms with Crippen LogP contribution in [0.1, 0.15) is 9.67 Å². The number of imidazole rings is 1. The van der Waals surface area contributed by atoms with Crippen LogP contribution in [-0.4, -0.2) is 15.6 Å². The lowest BCUT2D eigenvalue weighted by Crippen LogP contribution is -2.20. The molecule has 0 bridgehead atoms. The highest BCUT2D eigenvalue weighted by Crippen LogP contribution is 2.21. The Balaban J connectivity index is 1.90. The van der Waals surface area contributed by atoms with Crippen molar-refractivity contribution in [2.45, 2.75) is 0 Å². The molecule has 0 unspecified atom stereocenters. The van der Waals surface area contributed by atoms with Crippen molar-refractivity contribution >= 4 is 39.9 Å². The van der Waals surface area contributed by atoms with Gasteiger partial charge in [0.25, 0.3) is 5.91 Å². The highest BCUT2D eigenvalue weighted by Gasteiger charge is 2.10. The van der Waals surface area contributed by atoms with Gasteiger partial charge in [0.15, 0.2) is 0 Å². The number of hydrogen-bond donors (Lipinski definition) is 1. The second kappa shape index (κ2) is 4.44. The Morgan fingerprint density at radius 1 is 1.28 bits per heavy atom. The fourth-order valence-corrected chi connectivity index (χ4v) is 2.58. The lowest BCUT2D eigenvalue weighted by molar-refractivity contribution is 0.101. The van der Waals surface area contributed by atoms with Crippen LogP contribution in [-0.2, 0) is 0 Å². The molecular weight excluding hydrogens is 270 g/mol. The molecule has 3 rings (SSSR count). The van der Waals surface area contributed by atoms with E-state index < -0.39 is 0 Å². The second-order valence-electron chi connectivity index (χ2n) is 3.65. The predicted molar refractivity (Wildman–Crippen MR) is 72.8 cm³/mol. The third kappa shape index (κ3) is 1.98. The lowest BCUT2D eigenvalue weighted by Gasteiger charge is -2.04.